The highest BCUT2D eigenvalue weighted by molar-refractivity contribution is 7.92. The minimum Gasteiger partial charge on any atom is -0.353 e. The molecule has 2 heterocycles. The fourth-order valence-electron chi connectivity index (χ4n) is 8.15. The molecule has 3 amide bonds. The van der Waals surface area contributed by atoms with Crippen molar-refractivity contribution in [3.8, 4) is 0 Å². The lowest BCUT2D eigenvalue weighted by Crippen LogP contribution is -2.56. The SMILES string of the molecule is O=C1CN(C(=O)N2C(C3CC(S(=O)(=O)c4ccc(Cl)cc4)C4CCCCC34)=NC(c3cccc(Cl)c3)C2c2ccc(Cl)cc2)CCN1. The van der Waals surface area contributed by atoms with E-state index in [4.69, 9.17) is 39.8 Å². The summed E-state index contributed by atoms with van der Waals surface area (Å²) in [4.78, 5) is 36.1. The Hall–Kier alpha value is -3.11. The molecule has 2 aliphatic carbocycles. The number of hydrogen-bond acceptors (Lipinski definition) is 5. The number of halogens is 3. The van der Waals surface area contributed by atoms with Crippen LogP contribution < -0.4 is 5.32 Å². The monoisotopic (exact) mass is 712 g/mol. The molecule has 8 nitrogen and oxygen atoms in total. The molecule has 1 N–H and O–H groups in total. The Bertz CT molecular complexity index is 1820. The summed E-state index contributed by atoms with van der Waals surface area (Å²) >= 11 is 18.9. The van der Waals surface area contributed by atoms with Crippen LogP contribution in [0, 0.1) is 17.8 Å². The van der Waals surface area contributed by atoms with Gasteiger partial charge in [0.1, 0.15) is 18.4 Å². The number of nitrogens with one attached hydrogen (secondary N) is 1. The van der Waals surface area contributed by atoms with Crippen LogP contribution >= 0.6 is 34.8 Å². The molecular formula is C35H35Cl3N4O4S. The Morgan fingerprint density at radius 2 is 1.53 bits per heavy atom. The second kappa shape index (κ2) is 13.1. The molecule has 3 fully saturated rings. The van der Waals surface area contributed by atoms with E-state index in [2.05, 4.69) is 5.32 Å². The van der Waals surface area contributed by atoms with Crippen LogP contribution in [0.4, 0.5) is 4.79 Å². The zero-order valence-electron chi connectivity index (χ0n) is 25.6. The van der Waals surface area contributed by atoms with Crippen molar-refractivity contribution in [2.45, 2.75) is 54.3 Å². The van der Waals surface area contributed by atoms with Crippen LogP contribution in [-0.4, -0.2) is 60.9 Å². The van der Waals surface area contributed by atoms with Crippen LogP contribution in [0.3, 0.4) is 0 Å². The van der Waals surface area contributed by atoms with Gasteiger partial charge in [0.2, 0.25) is 5.91 Å². The Labute approximate surface area is 290 Å². The first-order chi connectivity index (χ1) is 22.6. The average molecular weight is 714 g/mol. The Morgan fingerprint density at radius 1 is 0.851 bits per heavy atom. The fraction of sp³-hybridized carbons (Fsp3) is 0.400. The van der Waals surface area contributed by atoms with Crippen LogP contribution in [0.5, 0.6) is 0 Å². The summed E-state index contributed by atoms with van der Waals surface area (Å²) in [5, 5.41) is 3.77. The molecule has 246 valence electrons. The number of rotatable bonds is 5. The third-order valence-corrected chi connectivity index (χ3v) is 13.2. The van der Waals surface area contributed by atoms with Gasteiger partial charge >= 0.3 is 6.03 Å². The topological polar surface area (TPSA) is 99.2 Å². The van der Waals surface area contributed by atoms with Crippen molar-refractivity contribution in [2.24, 2.45) is 22.7 Å². The van der Waals surface area contributed by atoms with Crippen molar-refractivity contribution in [3.63, 3.8) is 0 Å². The number of aliphatic imine (C=N–C) groups is 1. The molecule has 3 aromatic rings. The smallest absolute Gasteiger partial charge is 0.326 e. The number of carbonyl (C=O) groups excluding carboxylic acids is 2. The van der Waals surface area contributed by atoms with Gasteiger partial charge in [0.05, 0.1) is 16.2 Å². The molecule has 3 aromatic carbocycles. The van der Waals surface area contributed by atoms with Crippen molar-refractivity contribution >= 4 is 62.4 Å². The van der Waals surface area contributed by atoms with Gasteiger partial charge < -0.3 is 10.2 Å². The summed E-state index contributed by atoms with van der Waals surface area (Å²) < 4.78 is 28.5. The largest absolute Gasteiger partial charge is 0.353 e. The van der Waals surface area contributed by atoms with Crippen molar-refractivity contribution in [3.05, 3.63) is 99.0 Å². The molecule has 7 rings (SSSR count). The van der Waals surface area contributed by atoms with Crippen LogP contribution in [0.25, 0.3) is 0 Å². The van der Waals surface area contributed by atoms with Crippen LogP contribution in [0.2, 0.25) is 15.1 Å². The van der Waals surface area contributed by atoms with Gasteiger partial charge in [-0.3, -0.25) is 14.7 Å². The van der Waals surface area contributed by atoms with Gasteiger partial charge in [-0.2, -0.15) is 0 Å². The van der Waals surface area contributed by atoms with E-state index in [0.717, 1.165) is 36.8 Å². The highest BCUT2D eigenvalue weighted by Gasteiger charge is 2.55. The molecule has 47 heavy (non-hydrogen) atoms. The molecule has 12 heteroatoms. The second-order valence-electron chi connectivity index (χ2n) is 12.9. The number of nitrogens with zero attached hydrogens (tertiary/aromatic N) is 3. The molecule has 2 aliphatic heterocycles. The zero-order valence-corrected chi connectivity index (χ0v) is 28.7. The van der Waals surface area contributed by atoms with Gasteiger partial charge in [0.25, 0.3) is 0 Å². The van der Waals surface area contributed by atoms with E-state index in [-0.39, 0.29) is 41.1 Å². The van der Waals surface area contributed by atoms with Gasteiger partial charge in [-0.15, -0.1) is 0 Å². The van der Waals surface area contributed by atoms with Crippen molar-refractivity contribution < 1.29 is 18.0 Å². The minimum atomic E-state index is -3.71. The number of piperazine rings is 1. The van der Waals surface area contributed by atoms with E-state index in [9.17, 15) is 18.0 Å². The van der Waals surface area contributed by atoms with Crippen LogP contribution in [0.1, 0.15) is 55.3 Å². The predicted molar refractivity (Wildman–Crippen MR) is 184 cm³/mol. The number of amidine groups is 1. The first-order valence-corrected chi connectivity index (χ1v) is 18.7. The molecule has 6 atom stereocenters. The lowest BCUT2D eigenvalue weighted by Gasteiger charge is -2.38. The van der Waals surface area contributed by atoms with Crippen molar-refractivity contribution in [2.75, 3.05) is 19.6 Å². The zero-order chi connectivity index (χ0) is 32.9. The molecule has 4 aliphatic rings. The third kappa shape index (κ3) is 6.16. The first kappa shape index (κ1) is 32.4. The number of amides is 3. The lowest BCUT2D eigenvalue weighted by molar-refractivity contribution is -0.123. The standard InChI is InChI=1S/C35H35Cl3N4O4S/c36-23-10-8-21(9-11-23)33-32(22-4-3-5-25(38)18-22)40-34(42(33)35(44)41-17-16-39-31(43)20-41)29-19-30(28-7-2-1-6-27(28)29)47(45,46)26-14-12-24(37)13-15-26/h3-5,8-15,18,27-30,32-33H,1-2,6-7,16-17,19-20H2,(H,39,43). The molecule has 2 saturated carbocycles. The predicted octanol–water partition coefficient (Wildman–Crippen LogP) is 7.36. The maximum atomic E-state index is 14.7. The highest BCUT2D eigenvalue weighted by Crippen LogP contribution is 2.54. The van der Waals surface area contributed by atoms with Crippen LogP contribution in [0.15, 0.2) is 82.7 Å². The quantitative estimate of drug-likeness (QED) is 0.299. The van der Waals surface area contributed by atoms with Gasteiger partial charge in [-0.1, -0.05) is 71.9 Å². The molecule has 0 spiro atoms. The maximum Gasteiger partial charge on any atom is 0.326 e. The minimum absolute atomic E-state index is 0.0264. The van der Waals surface area contributed by atoms with E-state index in [1.54, 1.807) is 52.3 Å². The number of sulfone groups is 1. The maximum absolute atomic E-state index is 14.7. The first-order valence-electron chi connectivity index (χ1n) is 16.0. The van der Waals surface area contributed by atoms with E-state index in [1.165, 1.54) is 0 Å². The van der Waals surface area contributed by atoms with E-state index >= 15 is 0 Å². The van der Waals surface area contributed by atoms with E-state index < -0.39 is 27.2 Å². The normalized spacial score (nSPS) is 27.7. The number of benzene rings is 3. The number of carbonyl (C=O) groups is 2. The fourth-order valence-corrected chi connectivity index (χ4v) is 10.7. The molecule has 6 unspecified atom stereocenters. The van der Waals surface area contributed by atoms with Gasteiger partial charge in [0.15, 0.2) is 9.84 Å². The van der Waals surface area contributed by atoms with Gasteiger partial charge in [0, 0.05) is 34.1 Å². The molecule has 1 saturated heterocycles. The Kier molecular flexibility index (Phi) is 9.02. The molecule has 0 radical (unpaired) electrons. The molecular weight excluding hydrogens is 679 g/mol. The van der Waals surface area contributed by atoms with E-state index in [0.29, 0.717) is 40.4 Å². The second-order valence-corrected chi connectivity index (χ2v) is 16.4. The summed E-state index contributed by atoms with van der Waals surface area (Å²) in [5.41, 5.74) is 1.67. The summed E-state index contributed by atoms with van der Waals surface area (Å²) in [6, 6.07) is 19.9. The van der Waals surface area contributed by atoms with Crippen molar-refractivity contribution in [1.29, 1.82) is 0 Å². The highest BCUT2D eigenvalue weighted by atomic mass is 35.5. The summed E-state index contributed by atoms with van der Waals surface area (Å²) in [6.45, 7) is 0.639. The van der Waals surface area contributed by atoms with Gasteiger partial charge in [-0.05, 0) is 90.8 Å². The lowest BCUT2D eigenvalue weighted by atomic mass is 9.77. The average Bonchev–Trinajstić information content (AvgIpc) is 3.65. The number of urea groups is 1. The van der Waals surface area contributed by atoms with Gasteiger partial charge in [-0.25, -0.2) is 13.2 Å². The summed E-state index contributed by atoms with van der Waals surface area (Å²) in [7, 11) is -3.71. The third-order valence-electron chi connectivity index (χ3n) is 10.2. The molecule has 0 bridgehead atoms. The molecule has 0 aromatic heterocycles. The van der Waals surface area contributed by atoms with Crippen molar-refractivity contribution in [1.82, 2.24) is 15.1 Å². The number of hydrogen-bond donors (Lipinski definition) is 1. The van der Waals surface area contributed by atoms with Crippen LogP contribution in [-0.2, 0) is 14.6 Å². The summed E-state index contributed by atoms with van der Waals surface area (Å²) in [6.07, 6.45) is 3.93. The Balaban J connectivity index is 1.36. The van der Waals surface area contributed by atoms with E-state index in [1.807, 2.05) is 30.3 Å². The number of fused-ring (bicyclic) bond motifs is 1. The summed E-state index contributed by atoms with van der Waals surface area (Å²) in [5.74, 6) is 0.0251. The Morgan fingerprint density at radius 3 is 2.21 bits per heavy atom.